The van der Waals surface area contributed by atoms with E-state index in [0.717, 1.165) is 17.7 Å². The van der Waals surface area contributed by atoms with Crippen molar-refractivity contribution in [2.75, 3.05) is 32.8 Å². The molecule has 3 heterocycles. The molecule has 1 spiro atoms. The van der Waals surface area contributed by atoms with Crippen LogP contribution in [-0.4, -0.2) is 66.0 Å². The predicted octanol–water partition coefficient (Wildman–Crippen LogP) is 0.346. The molecule has 3 rings (SSSR count). The summed E-state index contributed by atoms with van der Waals surface area (Å²) in [5.41, 5.74) is -0.856. The minimum atomic E-state index is -0.856. The number of rotatable bonds is 2. The van der Waals surface area contributed by atoms with E-state index in [4.69, 9.17) is 4.74 Å². The Hall–Kier alpha value is -1.63. The van der Waals surface area contributed by atoms with Crippen LogP contribution in [0.4, 0.5) is 4.79 Å². The SMILES string of the molecule is CC1CCCN(C(=O)CN2C(=O)NC3(CCOCC3)C2=O)C1. The number of hydrogen-bond donors (Lipinski definition) is 1. The van der Waals surface area contributed by atoms with E-state index in [1.54, 1.807) is 4.90 Å². The number of ether oxygens (including phenoxy) is 1. The molecule has 4 amide bonds. The topological polar surface area (TPSA) is 79.0 Å². The van der Waals surface area contributed by atoms with Gasteiger partial charge in [-0.1, -0.05) is 6.92 Å². The third-order valence-corrected chi connectivity index (χ3v) is 4.90. The Bertz CT molecular complexity index is 487. The summed E-state index contributed by atoms with van der Waals surface area (Å²) < 4.78 is 5.27. The molecule has 0 bridgehead atoms. The third kappa shape index (κ3) is 2.69. The lowest BCUT2D eigenvalue weighted by molar-refractivity contribution is -0.141. The average Bonchev–Trinajstić information content (AvgIpc) is 2.72. The molecule has 3 aliphatic rings. The monoisotopic (exact) mass is 309 g/mol. The lowest BCUT2D eigenvalue weighted by atomic mass is 9.90. The van der Waals surface area contributed by atoms with Gasteiger partial charge in [-0.15, -0.1) is 0 Å². The van der Waals surface area contributed by atoms with Gasteiger partial charge in [0, 0.05) is 39.1 Å². The van der Waals surface area contributed by atoms with Gasteiger partial charge in [-0.2, -0.15) is 0 Å². The van der Waals surface area contributed by atoms with Crippen LogP contribution in [0.2, 0.25) is 0 Å². The molecule has 7 nitrogen and oxygen atoms in total. The van der Waals surface area contributed by atoms with Gasteiger partial charge in [0.15, 0.2) is 0 Å². The molecule has 1 unspecified atom stereocenters. The molecule has 3 fully saturated rings. The number of piperidine rings is 1. The summed E-state index contributed by atoms with van der Waals surface area (Å²) in [6.45, 7) is 4.30. The number of likely N-dealkylation sites (tertiary alicyclic amines) is 1. The molecule has 122 valence electrons. The van der Waals surface area contributed by atoms with Crippen LogP contribution in [0.3, 0.4) is 0 Å². The molecule has 1 N–H and O–H groups in total. The molecule has 0 saturated carbocycles. The standard InChI is InChI=1S/C15H23N3O4/c1-11-3-2-6-17(9-11)12(19)10-18-13(20)15(16-14(18)21)4-7-22-8-5-15/h11H,2-10H2,1H3,(H,16,21). The normalized spacial score (nSPS) is 28.1. The maximum Gasteiger partial charge on any atom is 0.325 e. The summed E-state index contributed by atoms with van der Waals surface area (Å²) >= 11 is 0. The van der Waals surface area contributed by atoms with Gasteiger partial charge in [0.05, 0.1) is 0 Å². The van der Waals surface area contributed by atoms with Crippen LogP contribution in [0.1, 0.15) is 32.6 Å². The largest absolute Gasteiger partial charge is 0.381 e. The molecular weight excluding hydrogens is 286 g/mol. The highest BCUT2D eigenvalue weighted by Crippen LogP contribution is 2.28. The van der Waals surface area contributed by atoms with Gasteiger partial charge in [-0.05, 0) is 18.8 Å². The summed E-state index contributed by atoms with van der Waals surface area (Å²) in [6, 6.07) is -0.453. The number of imide groups is 1. The van der Waals surface area contributed by atoms with Gasteiger partial charge in [-0.25, -0.2) is 4.79 Å². The van der Waals surface area contributed by atoms with Gasteiger partial charge < -0.3 is 15.0 Å². The number of carbonyl (C=O) groups is 3. The molecule has 22 heavy (non-hydrogen) atoms. The number of carbonyl (C=O) groups excluding carboxylic acids is 3. The second-order valence-electron chi connectivity index (χ2n) is 6.60. The van der Waals surface area contributed by atoms with Crippen molar-refractivity contribution in [2.24, 2.45) is 5.92 Å². The van der Waals surface area contributed by atoms with E-state index >= 15 is 0 Å². The zero-order chi connectivity index (χ0) is 15.7. The van der Waals surface area contributed by atoms with Gasteiger partial charge in [0.25, 0.3) is 5.91 Å². The molecular formula is C15H23N3O4. The Morgan fingerprint density at radius 1 is 1.36 bits per heavy atom. The molecule has 1 atom stereocenters. The summed E-state index contributed by atoms with van der Waals surface area (Å²) in [5, 5.41) is 2.77. The fraction of sp³-hybridized carbons (Fsp3) is 0.800. The van der Waals surface area contributed by atoms with Crippen molar-refractivity contribution in [1.29, 1.82) is 0 Å². The lowest BCUT2D eigenvalue weighted by Gasteiger charge is -2.32. The summed E-state index contributed by atoms with van der Waals surface area (Å²) in [5.74, 6) is 0.0565. The first-order chi connectivity index (χ1) is 10.5. The maximum atomic E-state index is 12.6. The Morgan fingerprint density at radius 2 is 2.09 bits per heavy atom. The zero-order valence-corrected chi connectivity index (χ0v) is 13.0. The highest BCUT2D eigenvalue weighted by Gasteiger charge is 2.52. The van der Waals surface area contributed by atoms with Crippen molar-refractivity contribution < 1.29 is 19.1 Å². The second kappa shape index (κ2) is 5.87. The molecule has 0 radical (unpaired) electrons. The molecule has 0 aromatic heterocycles. The first-order valence-corrected chi connectivity index (χ1v) is 8.01. The number of amides is 4. The van der Waals surface area contributed by atoms with Crippen LogP contribution in [0.5, 0.6) is 0 Å². The zero-order valence-electron chi connectivity index (χ0n) is 13.0. The van der Waals surface area contributed by atoms with E-state index in [-0.39, 0.29) is 18.4 Å². The van der Waals surface area contributed by atoms with Gasteiger partial charge in [-0.3, -0.25) is 14.5 Å². The van der Waals surface area contributed by atoms with E-state index in [2.05, 4.69) is 12.2 Å². The number of nitrogens with one attached hydrogen (secondary N) is 1. The van der Waals surface area contributed by atoms with Crippen molar-refractivity contribution in [1.82, 2.24) is 15.1 Å². The minimum absolute atomic E-state index is 0.140. The first kappa shape index (κ1) is 15.3. The molecule has 0 aromatic rings. The molecule has 3 saturated heterocycles. The summed E-state index contributed by atoms with van der Waals surface area (Å²) in [6.07, 6.45) is 3.05. The van der Waals surface area contributed by atoms with Crippen LogP contribution in [0, 0.1) is 5.92 Å². The van der Waals surface area contributed by atoms with Crippen molar-refractivity contribution in [3.8, 4) is 0 Å². The maximum absolute atomic E-state index is 12.6. The first-order valence-electron chi connectivity index (χ1n) is 8.01. The predicted molar refractivity (Wildman–Crippen MR) is 78.0 cm³/mol. The Morgan fingerprint density at radius 3 is 2.77 bits per heavy atom. The van der Waals surface area contributed by atoms with E-state index < -0.39 is 11.6 Å². The Balaban J connectivity index is 1.65. The number of urea groups is 1. The van der Waals surface area contributed by atoms with Gasteiger partial charge in [0.1, 0.15) is 12.1 Å². The van der Waals surface area contributed by atoms with Crippen molar-refractivity contribution in [2.45, 2.75) is 38.1 Å². The Kier molecular flexibility index (Phi) is 4.08. The highest BCUT2D eigenvalue weighted by molar-refractivity contribution is 6.09. The van der Waals surface area contributed by atoms with Crippen LogP contribution in [0.15, 0.2) is 0 Å². The molecule has 7 heteroatoms. The third-order valence-electron chi connectivity index (χ3n) is 4.90. The molecule has 0 aliphatic carbocycles. The molecule has 0 aromatic carbocycles. The van der Waals surface area contributed by atoms with Crippen molar-refractivity contribution >= 4 is 17.8 Å². The van der Waals surface area contributed by atoms with Crippen molar-refractivity contribution in [3.63, 3.8) is 0 Å². The van der Waals surface area contributed by atoms with E-state index in [1.165, 1.54) is 0 Å². The van der Waals surface area contributed by atoms with E-state index in [1.807, 2.05) is 0 Å². The van der Waals surface area contributed by atoms with Crippen LogP contribution < -0.4 is 5.32 Å². The Labute approximate surface area is 129 Å². The van der Waals surface area contributed by atoms with E-state index in [0.29, 0.717) is 45.1 Å². The van der Waals surface area contributed by atoms with Gasteiger partial charge in [0.2, 0.25) is 5.91 Å². The van der Waals surface area contributed by atoms with Crippen LogP contribution >= 0.6 is 0 Å². The van der Waals surface area contributed by atoms with Gasteiger partial charge >= 0.3 is 6.03 Å². The molecule has 3 aliphatic heterocycles. The minimum Gasteiger partial charge on any atom is -0.381 e. The van der Waals surface area contributed by atoms with E-state index in [9.17, 15) is 14.4 Å². The fourth-order valence-electron chi connectivity index (χ4n) is 3.53. The van der Waals surface area contributed by atoms with Crippen LogP contribution in [0.25, 0.3) is 0 Å². The van der Waals surface area contributed by atoms with Crippen LogP contribution in [-0.2, 0) is 14.3 Å². The lowest BCUT2D eigenvalue weighted by Crippen LogP contribution is -2.51. The number of hydrogen-bond acceptors (Lipinski definition) is 4. The number of nitrogens with zero attached hydrogens (tertiary/aromatic N) is 2. The fourth-order valence-corrected chi connectivity index (χ4v) is 3.53. The average molecular weight is 309 g/mol. The summed E-state index contributed by atoms with van der Waals surface area (Å²) in [4.78, 5) is 39.9. The highest BCUT2D eigenvalue weighted by atomic mass is 16.5. The second-order valence-corrected chi connectivity index (χ2v) is 6.60. The van der Waals surface area contributed by atoms with Crippen molar-refractivity contribution in [3.05, 3.63) is 0 Å². The summed E-state index contributed by atoms with van der Waals surface area (Å²) in [7, 11) is 0. The quantitative estimate of drug-likeness (QED) is 0.746. The smallest absolute Gasteiger partial charge is 0.325 e.